The molecule has 0 saturated heterocycles. The summed E-state index contributed by atoms with van der Waals surface area (Å²) in [4.78, 5) is 26.8. The number of rotatable bonds is 5. The minimum Gasteiger partial charge on any atom is -0.369 e. The van der Waals surface area contributed by atoms with Gasteiger partial charge in [-0.3, -0.25) is 9.59 Å². The molecule has 0 bridgehead atoms. The average Bonchev–Trinajstić information content (AvgIpc) is 3.10. The molecule has 8 N–H and O–H groups in total. The van der Waals surface area contributed by atoms with Crippen LogP contribution >= 0.6 is 0 Å². The number of hydrogen-bond donors (Lipinski definition) is 5. The van der Waals surface area contributed by atoms with E-state index >= 15 is 0 Å². The van der Waals surface area contributed by atoms with Crippen molar-refractivity contribution in [1.82, 2.24) is 4.98 Å². The Hall–Kier alpha value is -4.14. The number of aromatic amines is 1. The Morgan fingerprint density at radius 2 is 1.61 bits per heavy atom. The summed E-state index contributed by atoms with van der Waals surface area (Å²) in [5, 5.41) is 11.0. The molecule has 2 aromatic carbocycles. The first kappa shape index (κ1) is 18.6. The first-order chi connectivity index (χ1) is 13.3. The van der Waals surface area contributed by atoms with Gasteiger partial charge in [-0.1, -0.05) is 12.1 Å². The van der Waals surface area contributed by atoms with E-state index in [9.17, 15) is 9.59 Å². The molecular formula is C19H19N7O2. The van der Waals surface area contributed by atoms with Crippen LogP contribution in [0.25, 0.3) is 10.9 Å². The van der Waals surface area contributed by atoms with Gasteiger partial charge < -0.3 is 27.5 Å². The van der Waals surface area contributed by atoms with E-state index in [1.165, 1.54) is 0 Å². The number of nitrogens with one attached hydrogen (secondary N) is 2. The van der Waals surface area contributed by atoms with Crippen LogP contribution in [0.2, 0.25) is 0 Å². The molecule has 0 aliphatic heterocycles. The lowest BCUT2D eigenvalue weighted by Crippen LogP contribution is -2.22. The van der Waals surface area contributed by atoms with Crippen molar-refractivity contribution in [3.05, 3.63) is 65.4 Å². The second-order valence-corrected chi connectivity index (χ2v) is 6.09. The number of H-pyrrole nitrogens is 1. The van der Waals surface area contributed by atoms with Crippen LogP contribution in [0.1, 0.15) is 33.3 Å². The number of guanidine groups is 1. The first-order valence-corrected chi connectivity index (χ1v) is 8.31. The van der Waals surface area contributed by atoms with Gasteiger partial charge in [0.2, 0.25) is 11.9 Å². The molecular weight excluding hydrogens is 358 g/mol. The third-order valence-electron chi connectivity index (χ3n) is 4.03. The smallest absolute Gasteiger partial charge is 0.272 e. The number of carbonyl (C=O) groups excluding carboxylic acids is 2. The Bertz CT molecular complexity index is 1110. The molecule has 1 aromatic heterocycles. The highest BCUT2D eigenvalue weighted by atomic mass is 16.2. The third kappa shape index (κ3) is 4.15. The predicted molar refractivity (Wildman–Crippen MR) is 109 cm³/mol. The number of amides is 2. The fraction of sp³-hybridized carbons (Fsp3) is 0.0526. The summed E-state index contributed by atoms with van der Waals surface area (Å²) >= 11 is 0. The van der Waals surface area contributed by atoms with Gasteiger partial charge >= 0.3 is 0 Å². The summed E-state index contributed by atoms with van der Waals surface area (Å²) in [7, 11) is 0. The number of nitrogens with two attached hydrogens (primary N) is 3. The van der Waals surface area contributed by atoms with E-state index < -0.39 is 5.91 Å². The molecule has 0 fully saturated rings. The third-order valence-corrected chi connectivity index (χ3v) is 4.03. The van der Waals surface area contributed by atoms with Crippen LogP contribution in [0.3, 0.4) is 0 Å². The fourth-order valence-electron chi connectivity index (χ4n) is 2.59. The van der Waals surface area contributed by atoms with Gasteiger partial charge in [0.05, 0.1) is 5.71 Å². The lowest BCUT2D eigenvalue weighted by molar-refractivity contribution is 0.0997. The first-order valence-electron chi connectivity index (χ1n) is 8.31. The van der Waals surface area contributed by atoms with Gasteiger partial charge in [0, 0.05) is 22.2 Å². The zero-order valence-electron chi connectivity index (χ0n) is 15.1. The molecule has 0 spiro atoms. The molecule has 142 valence electrons. The van der Waals surface area contributed by atoms with Crippen molar-refractivity contribution in [3.63, 3.8) is 0 Å². The summed E-state index contributed by atoms with van der Waals surface area (Å²) in [6.07, 6.45) is 0. The highest BCUT2D eigenvalue weighted by Crippen LogP contribution is 2.19. The Morgan fingerprint density at radius 3 is 2.25 bits per heavy atom. The summed E-state index contributed by atoms with van der Waals surface area (Å²) < 4.78 is 0. The summed E-state index contributed by atoms with van der Waals surface area (Å²) in [6, 6.07) is 13.7. The van der Waals surface area contributed by atoms with Crippen LogP contribution in [0.5, 0.6) is 0 Å². The molecule has 3 rings (SSSR count). The number of primary amides is 1. The number of nitrogens with zero attached hydrogens (tertiary/aromatic N) is 2. The number of benzene rings is 2. The minimum atomic E-state index is -0.520. The Kier molecular flexibility index (Phi) is 5.07. The van der Waals surface area contributed by atoms with Crippen molar-refractivity contribution in [2.24, 2.45) is 27.4 Å². The number of hydrogen-bond acceptors (Lipinski definition) is 4. The highest BCUT2D eigenvalue weighted by Gasteiger charge is 2.11. The van der Waals surface area contributed by atoms with Crippen molar-refractivity contribution in [3.8, 4) is 0 Å². The maximum atomic E-state index is 12.5. The molecule has 0 saturated carbocycles. The highest BCUT2D eigenvalue weighted by molar-refractivity contribution is 6.07. The van der Waals surface area contributed by atoms with Crippen LogP contribution in [0.4, 0.5) is 5.69 Å². The van der Waals surface area contributed by atoms with Crippen LogP contribution in [-0.2, 0) is 0 Å². The summed E-state index contributed by atoms with van der Waals surface area (Å²) in [5.41, 5.74) is 19.3. The number of anilines is 1. The zero-order chi connectivity index (χ0) is 20.3. The predicted octanol–water partition coefficient (Wildman–Crippen LogP) is 1.52. The molecule has 3 aromatic rings. The molecule has 2 amide bonds. The lowest BCUT2D eigenvalue weighted by atomic mass is 10.1. The van der Waals surface area contributed by atoms with E-state index in [4.69, 9.17) is 17.2 Å². The molecule has 9 heteroatoms. The second kappa shape index (κ2) is 7.62. The normalized spacial score (nSPS) is 11.2. The minimum absolute atomic E-state index is 0.121. The van der Waals surface area contributed by atoms with Gasteiger partial charge in [-0.15, -0.1) is 5.10 Å². The Balaban J connectivity index is 1.76. The fourth-order valence-corrected chi connectivity index (χ4v) is 2.59. The van der Waals surface area contributed by atoms with Gasteiger partial charge in [-0.25, -0.2) is 0 Å². The topological polar surface area (TPSA) is 165 Å². The molecule has 0 atom stereocenters. The van der Waals surface area contributed by atoms with Crippen LogP contribution in [0, 0.1) is 0 Å². The Labute approximate surface area is 160 Å². The van der Waals surface area contributed by atoms with Crippen LogP contribution in [-0.4, -0.2) is 28.5 Å². The Morgan fingerprint density at radius 1 is 0.929 bits per heavy atom. The van der Waals surface area contributed by atoms with E-state index in [0.717, 1.165) is 16.5 Å². The van der Waals surface area contributed by atoms with Crippen molar-refractivity contribution < 1.29 is 9.59 Å². The molecule has 28 heavy (non-hydrogen) atoms. The zero-order valence-corrected chi connectivity index (χ0v) is 15.1. The monoisotopic (exact) mass is 377 g/mol. The van der Waals surface area contributed by atoms with Crippen molar-refractivity contribution in [2.45, 2.75) is 6.92 Å². The summed E-state index contributed by atoms with van der Waals surface area (Å²) in [6.45, 7) is 1.77. The van der Waals surface area contributed by atoms with Gasteiger partial charge in [0.1, 0.15) is 5.69 Å². The van der Waals surface area contributed by atoms with Gasteiger partial charge in [-0.2, -0.15) is 5.10 Å². The SMILES string of the molecule is CC(=NN=C(N)N)c1ccc(NC(=O)c2cc3cc(C(N)=O)ccc3[nH]2)cc1. The molecule has 9 nitrogen and oxygen atoms in total. The van der Waals surface area contributed by atoms with Gasteiger partial charge in [-0.05, 0) is 48.9 Å². The number of aromatic nitrogens is 1. The number of fused-ring (bicyclic) bond motifs is 1. The largest absolute Gasteiger partial charge is 0.369 e. The summed E-state index contributed by atoms with van der Waals surface area (Å²) in [5.74, 6) is -0.951. The standard InChI is InChI=1S/C19H19N7O2/c1-10(25-26-19(21)22)11-2-5-14(6-3-11)23-18(28)16-9-13-8-12(17(20)27)4-7-15(13)24-16/h2-9,24H,1H3,(H2,20,27)(H,23,28)(H4,21,22,26). The van der Waals surface area contributed by atoms with Crippen molar-refractivity contribution in [1.29, 1.82) is 0 Å². The average molecular weight is 377 g/mol. The quantitative estimate of drug-likeness (QED) is 0.258. The molecule has 0 unspecified atom stereocenters. The maximum Gasteiger partial charge on any atom is 0.272 e. The van der Waals surface area contributed by atoms with Crippen molar-refractivity contribution in [2.75, 3.05) is 5.32 Å². The van der Waals surface area contributed by atoms with Crippen molar-refractivity contribution >= 4 is 40.1 Å². The second-order valence-electron chi connectivity index (χ2n) is 6.09. The number of carbonyl (C=O) groups is 2. The van der Waals surface area contributed by atoms with Crippen LogP contribution in [0.15, 0.2) is 58.7 Å². The van der Waals surface area contributed by atoms with Gasteiger partial charge in [0.25, 0.3) is 5.91 Å². The molecule has 0 aliphatic rings. The van der Waals surface area contributed by atoms with Crippen LogP contribution < -0.4 is 22.5 Å². The lowest BCUT2D eigenvalue weighted by Gasteiger charge is -2.05. The maximum absolute atomic E-state index is 12.5. The van der Waals surface area contributed by atoms with E-state index in [-0.39, 0.29) is 11.9 Å². The molecule has 1 heterocycles. The van der Waals surface area contributed by atoms with E-state index in [0.29, 0.717) is 22.7 Å². The molecule has 0 aliphatic carbocycles. The van der Waals surface area contributed by atoms with E-state index in [1.54, 1.807) is 55.5 Å². The van der Waals surface area contributed by atoms with E-state index in [2.05, 4.69) is 20.5 Å². The van der Waals surface area contributed by atoms with Gasteiger partial charge in [0.15, 0.2) is 0 Å². The van der Waals surface area contributed by atoms with E-state index in [1.807, 2.05) is 0 Å². The molecule has 0 radical (unpaired) electrons.